The Morgan fingerprint density at radius 1 is 1.39 bits per heavy atom. The average molecular weight is 249 g/mol. The number of rotatable bonds is 3. The topological polar surface area (TPSA) is 66.8 Å². The number of hydrogen-bond donors (Lipinski definition) is 1. The Hall–Kier alpha value is -2.04. The summed E-state index contributed by atoms with van der Waals surface area (Å²) in [5.41, 5.74) is 1.68. The third-order valence-corrected chi connectivity index (χ3v) is 3.08. The number of anilines is 1. The van der Waals surface area contributed by atoms with Gasteiger partial charge in [-0.3, -0.25) is 4.90 Å². The summed E-state index contributed by atoms with van der Waals surface area (Å²) < 4.78 is 4.96. The fourth-order valence-corrected chi connectivity index (χ4v) is 2.07. The van der Waals surface area contributed by atoms with E-state index in [9.17, 15) is 9.59 Å². The second kappa shape index (κ2) is 4.68. The zero-order valence-corrected chi connectivity index (χ0v) is 10.3. The third-order valence-electron chi connectivity index (χ3n) is 3.08. The van der Waals surface area contributed by atoms with Crippen LogP contribution in [0.3, 0.4) is 0 Å². The predicted octanol–water partition coefficient (Wildman–Crippen LogP) is 2.05. The second-order valence-electron chi connectivity index (χ2n) is 4.26. The van der Waals surface area contributed by atoms with Gasteiger partial charge in [0, 0.05) is 5.69 Å². The van der Waals surface area contributed by atoms with Crippen LogP contribution in [-0.4, -0.2) is 29.3 Å². The number of carboxylic acids is 1. The molecule has 1 aliphatic rings. The maximum Gasteiger partial charge on any atom is 0.415 e. The summed E-state index contributed by atoms with van der Waals surface area (Å²) in [6.07, 6.45) is -0.372. The first kappa shape index (κ1) is 12.4. The molecule has 1 aliphatic heterocycles. The highest BCUT2D eigenvalue weighted by molar-refractivity contribution is 5.98. The predicted molar refractivity (Wildman–Crippen MR) is 65.7 cm³/mol. The SMILES string of the molecule is CCc1ccc(N2C(=O)OC(C)C2C(=O)O)cc1. The van der Waals surface area contributed by atoms with Gasteiger partial charge in [-0.05, 0) is 31.0 Å². The molecule has 1 N–H and O–H groups in total. The van der Waals surface area contributed by atoms with Crippen molar-refractivity contribution in [1.82, 2.24) is 0 Å². The molecule has 2 rings (SSSR count). The molecule has 5 nitrogen and oxygen atoms in total. The van der Waals surface area contributed by atoms with Crippen LogP contribution >= 0.6 is 0 Å². The monoisotopic (exact) mass is 249 g/mol. The maximum absolute atomic E-state index is 11.7. The van der Waals surface area contributed by atoms with Gasteiger partial charge in [-0.25, -0.2) is 9.59 Å². The summed E-state index contributed by atoms with van der Waals surface area (Å²) in [6, 6.07) is 6.28. The number of benzene rings is 1. The van der Waals surface area contributed by atoms with E-state index in [0.717, 1.165) is 12.0 Å². The Balaban J connectivity index is 2.34. The molecule has 1 saturated heterocycles. The lowest BCUT2D eigenvalue weighted by Crippen LogP contribution is -2.42. The van der Waals surface area contributed by atoms with Crippen LogP contribution < -0.4 is 4.90 Å². The molecule has 2 unspecified atom stereocenters. The number of carbonyl (C=O) groups excluding carboxylic acids is 1. The summed E-state index contributed by atoms with van der Waals surface area (Å²) in [4.78, 5) is 24.1. The maximum atomic E-state index is 11.7. The van der Waals surface area contributed by atoms with E-state index in [4.69, 9.17) is 9.84 Å². The van der Waals surface area contributed by atoms with Crippen LogP contribution in [0.2, 0.25) is 0 Å². The second-order valence-corrected chi connectivity index (χ2v) is 4.26. The zero-order valence-electron chi connectivity index (χ0n) is 10.3. The molecule has 0 aliphatic carbocycles. The molecule has 0 saturated carbocycles. The molecule has 1 aromatic carbocycles. The van der Waals surface area contributed by atoms with Gasteiger partial charge < -0.3 is 9.84 Å². The van der Waals surface area contributed by atoms with Crippen molar-refractivity contribution in [2.45, 2.75) is 32.4 Å². The van der Waals surface area contributed by atoms with Crippen LogP contribution in [0.4, 0.5) is 10.5 Å². The fourth-order valence-electron chi connectivity index (χ4n) is 2.07. The van der Waals surface area contributed by atoms with Gasteiger partial charge in [-0.15, -0.1) is 0 Å². The molecule has 0 aromatic heterocycles. The lowest BCUT2D eigenvalue weighted by atomic mass is 10.1. The Kier molecular flexibility index (Phi) is 3.23. The molecule has 96 valence electrons. The van der Waals surface area contributed by atoms with Gasteiger partial charge in [0.15, 0.2) is 6.04 Å². The summed E-state index contributed by atoms with van der Waals surface area (Å²) in [5, 5.41) is 9.16. The van der Waals surface area contributed by atoms with E-state index in [-0.39, 0.29) is 0 Å². The quantitative estimate of drug-likeness (QED) is 0.890. The largest absolute Gasteiger partial charge is 0.480 e. The summed E-state index contributed by atoms with van der Waals surface area (Å²) in [6.45, 7) is 3.61. The molecule has 2 atom stereocenters. The highest BCUT2D eigenvalue weighted by Gasteiger charge is 2.44. The smallest absolute Gasteiger partial charge is 0.415 e. The number of ether oxygens (including phenoxy) is 1. The van der Waals surface area contributed by atoms with Gasteiger partial charge in [-0.1, -0.05) is 19.1 Å². The molecular formula is C13H15NO4. The molecule has 5 heteroatoms. The first-order valence-corrected chi connectivity index (χ1v) is 5.86. The molecule has 0 spiro atoms. The normalized spacial score (nSPS) is 23.0. The third kappa shape index (κ3) is 2.03. The minimum atomic E-state index is -1.06. The van der Waals surface area contributed by atoms with E-state index in [1.54, 1.807) is 19.1 Å². The Bertz CT molecular complexity index is 468. The van der Waals surface area contributed by atoms with Crippen LogP contribution in [0.15, 0.2) is 24.3 Å². The molecule has 1 fully saturated rings. The van der Waals surface area contributed by atoms with Crippen molar-refractivity contribution in [2.75, 3.05) is 4.90 Å². The van der Waals surface area contributed by atoms with E-state index in [2.05, 4.69) is 0 Å². The standard InChI is InChI=1S/C13H15NO4/c1-3-9-4-6-10(7-5-9)14-11(12(15)16)8(2)18-13(14)17/h4-8,11H,3H2,1-2H3,(H,15,16). The van der Waals surface area contributed by atoms with Gasteiger partial charge in [0.2, 0.25) is 0 Å². The number of cyclic esters (lactones) is 1. The van der Waals surface area contributed by atoms with Crippen molar-refractivity contribution in [1.29, 1.82) is 0 Å². The molecule has 1 amide bonds. The number of hydrogen-bond acceptors (Lipinski definition) is 3. The van der Waals surface area contributed by atoms with E-state index < -0.39 is 24.2 Å². The first-order chi connectivity index (χ1) is 8.54. The minimum absolute atomic E-state index is 0.550. The van der Waals surface area contributed by atoms with Crippen LogP contribution in [0, 0.1) is 0 Å². The van der Waals surface area contributed by atoms with Crippen LogP contribution in [-0.2, 0) is 16.0 Å². The van der Waals surface area contributed by atoms with Crippen molar-refractivity contribution in [3.05, 3.63) is 29.8 Å². The Morgan fingerprint density at radius 3 is 2.50 bits per heavy atom. The summed E-state index contributed by atoms with van der Waals surface area (Å²) in [5.74, 6) is -1.06. The molecular weight excluding hydrogens is 234 g/mol. The van der Waals surface area contributed by atoms with E-state index >= 15 is 0 Å². The molecule has 18 heavy (non-hydrogen) atoms. The van der Waals surface area contributed by atoms with Gasteiger partial charge in [-0.2, -0.15) is 0 Å². The van der Waals surface area contributed by atoms with Crippen LogP contribution in [0.25, 0.3) is 0 Å². The zero-order chi connectivity index (χ0) is 13.3. The number of carboxylic acid groups (broad SMARTS) is 1. The molecule has 0 radical (unpaired) electrons. The number of aliphatic carboxylic acids is 1. The van der Waals surface area contributed by atoms with Gasteiger partial charge in [0.05, 0.1) is 0 Å². The van der Waals surface area contributed by atoms with Crippen molar-refractivity contribution in [3.63, 3.8) is 0 Å². The van der Waals surface area contributed by atoms with Crippen LogP contribution in [0.1, 0.15) is 19.4 Å². The summed E-state index contributed by atoms with van der Waals surface area (Å²) in [7, 11) is 0. The Morgan fingerprint density at radius 2 is 2.00 bits per heavy atom. The minimum Gasteiger partial charge on any atom is -0.480 e. The number of nitrogens with zero attached hydrogens (tertiary/aromatic N) is 1. The molecule has 1 aromatic rings. The average Bonchev–Trinajstić information content (AvgIpc) is 2.64. The highest BCUT2D eigenvalue weighted by Crippen LogP contribution is 2.27. The fraction of sp³-hybridized carbons (Fsp3) is 0.385. The first-order valence-electron chi connectivity index (χ1n) is 5.86. The van der Waals surface area contributed by atoms with E-state index in [0.29, 0.717) is 5.69 Å². The lowest BCUT2D eigenvalue weighted by Gasteiger charge is -2.19. The van der Waals surface area contributed by atoms with Crippen molar-refractivity contribution in [2.24, 2.45) is 0 Å². The Labute approximate surface area is 105 Å². The summed E-state index contributed by atoms with van der Waals surface area (Å²) >= 11 is 0. The number of amides is 1. The van der Waals surface area contributed by atoms with Crippen LogP contribution in [0.5, 0.6) is 0 Å². The van der Waals surface area contributed by atoms with Crippen molar-refractivity contribution < 1.29 is 19.4 Å². The van der Waals surface area contributed by atoms with Gasteiger partial charge in [0.1, 0.15) is 6.10 Å². The molecule has 0 bridgehead atoms. The number of aryl methyl sites for hydroxylation is 1. The van der Waals surface area contributed by atoms with Crippen molar-refractivity contribution >= 4 is 17.7 Å². The van der Waals surface area contributed by atoms with Crippen molar-refractivity contribution in [3.8, 4) is 0 Å². The van der Waals surface area contributed by atoms with Gasteiger partial charge >= 0.3 is 12.1 Å². The number of carbonyl (C=O) groups is 2. The molecule has 1 heterocycles. The van der Waals surface area contributed by atoms with E-state index in [1.165, 1.54) is 4.90 Å². The van der Waals surface area contributed by atoms with E-state index in [1.807, 2.05) is 19.1 Å². The highest BCUT2D eigenvalue weighted by atomic mass is 16.6. The van der Waals surface area contributed by atoms with Gasteiger partial charge in [0.25, 0.3) is 0 Å². The lowest BCUT2D eigenvalue weighted by molar-refractivity contribution is -0.139.